The molecule has 6 heteroatoms. The van der Waals surface area contributed by atoms with Crippen LogP contribution in [0.4, 0.5) is 5.69 Å². The highest BCUT2D eigenvalue weighted by molar-refractivity contribution is 6.31. The molecule has 0 aliphatic carbocycles. The summed E-state index contributed by atoms with van der Waals surface area (Å²) >= 11 is 6.23. The molecule has 0 radical (unpaired) electrons. The lowest BCUT2D eigenvalue weighted by Crippen LogP contribution is -2.37. The van der Waals surface area contributed by atoms with E-state index in [0.717, 1.165) is 5.56 Å². The quantitative estimate of drug-likeness (QED) is 0.588. The molecule has 0 bridgehead atoms. The summed E-state index contributed by atoms with van der Waals surface area (Å²) in [5.74, 6) is -0.453. The van der Waals surface area contributed by atoms with E-state index >= 15 is 0 Å². The molecule has 28 heavy (non-hydrogen) atoms. The average molecular weight is 390 g/mol. The van der Waals surface area contributed by atoms with Gasteiger partial charge in [-0.25, -0.2) is 0 Å². The summed E-state index contributed by atoms with van der Waals surface area (Å²) in [6, 6.07) is 15.4. The van der Waals surface area contributed by atoms with Crippen molar-refractivity contribution in [3.63, 3.8) is 0 Å². The second-order valence-electron chi connectivity index (χ2n) is 6.70. The molecule has 5 nitrogen and oxygen atoms in total. The minimum Gasteiger partial charge on any atom is -0.287 e. The molecule has 0 saturated carbocycles. The van der Waals surface area contributed by atoms with E-state index < -0.39 is 6.04 Å². The van der Waals surface area contributed by atoms with E-state index in [1.54, 1.807) is 48.7 Å². The molecular weight excluding hydrogens is 374 g/mol. The number of nitriles is 1. The molecule has 0 saturated heterocycles. The summed E-state index contributed by atoms with van der Waals surface area (Å²) < 4.78 is 1.52. The fourth-order valence-corrected chi connectivity index (χ4v) is 3.93. The van der Waals surface area contributed by atoms with E-state index in [9.17, 15) is 14.9 Å². The number of rotatable bonds is 1. The molecule has 138 valence electrons. The van der Waals surface area contributed by atoms with E-state index in [0.29, 0.717) is 33.1 Å². The highest BCUT2D eigenvalue weighted by Gasteiger charge is 2.39. The van der Waals surface area contributed by atoms with Crippen LogP contribution < -0.4 is 4.90 Å². The Morgan fingerprint density at radius 1 is 1.14 bits per heavy atom. The number of fused-ring (bicyclic) bond motifs is 3. The number of aryl methyl sites for hydroxylation is 1. The van der Waals surface area contributed by atoms with Crippen LogP contribution in [0, 0.1) is 18.3 Å². The molecular formula is C22H16ClN3O2. The van der Waals surface area contributed by atoms with Crippen molar-refractivity contribution in [2.24, 2.45) is 0 Å². The first kappa shape index (κ1) is 18.0. The maximum atomic E-state index is 13.3. The molecule has 1 aromatic heterocycles. The molecule has 1 atom stereocenters. The van der Waals surface area contributed by atoms with Crippen LogP contribution in [-0.4, -0.2) is 16.4 Å². The summed E-state index contributed by atoms with van der Waals surface area (Å²) in [4.78, 5) is 27.1. The third-order valence-electron chi connectivity index (χ3n) is 4.95. The number of halogens is 1. The van der Waals surface area contributed by atoms with Crippen molar-refractivity contribution < 1.29 is 9.59 Å². The predicted molar refractivity (Wildman–Crippen MR) is 108 cm³/mol. The topological polar surface area (TPSA) is 66.1 Å². The third-order valence-corrected chi connectivity index (χ3v) is 5.18. The summed E-state index contributed by atoms with van der Waals surface area (Å²) in [5, 5.41) is 10.5. The van der Waals surface area contributed by atoms with Gasteiger partial charge in [0.05, 0.1) is 17.5 Å². The van der Waals surface area contributed by atoms with E-state index in [2.05, 4.69) is 6.07 Å². The maximum Gasteiger partial charge on any atom is 0.259 e. The van der Waals surface area contributed by atoms with Gasteiger partial charge in [-0.1, -0.05) is 29.8 Å². The monoisotopic (exact) mass is 389 g/mol. The van der Waals surface area contributed by atoms with E-state index in [4.69, 9.17) is 11.6 Å². The minimum atomic E-state index is -0.850. The number of carbonyl (C=O) groups excluding carboxylic acids is 2. The number of carbonyl (C=O) groups is 2. The zero-order chi connectivity index (χ0) is 20.0. The number of hydrogen-bond acceptors (Lipinski definition) is 3. The van der Waals surface area contributed by atoms with E-state index in [-0.39, 0.29) is 11.8 Å². The van der Waals surface area contributed by atoms with Gasteiger partial charge in [0.15, 0.2) is 6.04 Å². The largest absolute Gasteiger partial charge is 0.287 e. The van der Waals surface area contributed by atoms with E-state index in [1.165, 1.54) is 16.4 Å². The summed E-state index contributed by atoms with van der Waals surface area (Å²) in [5.41, 5.74) is 3.73. The van der Waals surface area contributed by atoms with Gasteiger partial charge in [0.25, 0.3) is 5.91 Å². The normalized spacial score (nSPS) is 14.8. The van der Waals surface area contributed by atoms with Gasteiger partial charge in [0.1, 0.15) is 0 Å². The third kappa shape index (κ3) is 2.62. The Hall–Kier alpha value is -3.36. The molecule has 2 heterocycles. The lowest BCUT2D eigenvalue weighted by Gasteiger charge is -2.34. The molecule has 0 spiro atoms. The molecule has 4 rings (SSSR count). The highest BCUT2D eigenvalue weighted by Crippen LogP contribution is 2.48. The van der Waals surface area contributed by atoms with Crippen molar-refractivity contribution in [3.05, 3.63) is 76.4 Å². The number of nitrogens with zero attached hydrogens (tertiary/aromatic N) is 3. The van der Waals surface area contributed by atoms with Gasteiger partial charge in [-0.2, -0.15) is 5.26 Å². The Morgan fingerprint density at radius 3 is 2.50 bits per heavy atom. The fourth-order valence-electron chi connectivity index (χ4n) is 3.76. The van der Waals surface area contributed by atoms with Gasteiger partial charge in [0.2, 0.25) is 5.91 Å². The number of benzene rings is 2. The van der Waals surface area contributed by atoms with E-state index in [1.807, 2.05) is 13.0 Å². The Labute approximate surface area is 167 Å². The Balaban J connectivity index is 2.03. The van der Waals surface area contributed by atoms with Crippen molar-refractivity contribution >= 4 is 29.1 Å². The van der Waals surface area contributed by atoms with Crippen LogP contribution in [0.5, 0.6) is 0 Å². The smallest absolute Gasteiger partial charge is 0.259 e. The van der Waals surface area contributed by atoms with Crippen LogP contribution in [0.2, 0.25) is 5.02 Å². The van der Waals surface area contributed by atoms with Crippen molar-refractivity contribution in [1.82, 2.24) is 4.57 Å². The second-order valence-corrected chi connectivity index (χ2v) is 7.13. The summed E-state index contributed by atoms with van der Waals surface area (Å²) in [7, 11) is 0. The van der Waals surface area contributed by atoms with Crippen LogP contribution in [-0.2, 0) is 0 Å². The van der Waals surface area contributed by atoms with Crippen molar-refractivity contribution in [1.29, 1.82) is 5.26 Å². The first-order valence-electron chi connectivity index (χ1n) is 8.75. The number of amides is 1. The SMILES string of the molecule is CC(=O)n1cc(C)c2c1-c1cc(Cl)ccc1N(C(=O)c1ccccc1)C2C#N. The van der Waals surface area contributed by atoms with Crippen molar-refractivity contribution in [2.45, 2.75) is 19.9 Å². The number of hydrogen-bond donors (Lipinski definition) is 0. The van der Waals surface area contributed by atoms with Gasteiger partial charge in [0, 0.05) is 34.8 Å². The molecule has 0 fully saturated rings. The summed E-state index contributed by atoms with van der Waals surface area (Å²) in [6.45, 7) is 3.30. The van der Waals surface area contributed by atoms with Gasteiger partial charge < -0.3 is 0 Å². The van der Waals surface area contributed by atoms with Crippen LogP contribution in [0.25, 0.3) is 11.3 Å². The molecule has 1 unspecified atom stereocenters. The zero-order valence-corrected chi connectivity index (χ0v) is 16.1. The van der Waals surface area contributed by atoms with Crippen LogP contribution in [0.15, 0.2) is 54.7 Å². The average Bonchev–Trinajstić information content (AvgIpc) is 3.05. The Kier molecular flexibility index (Phi) is 4.29. The lowest BCUT2D eigenvalue weighted by molar-refractivity contribution is 0.0938. The van der Waals surface area contributed by atoms with Crippen LogP contribution >= 0.6 is 11.6 Å². The predicted octanol–water partition coefficient (Wildman–Crippen LogP) is 5.00. The van der Waals surface area contributed by atoms with Crippen LogP contribution in [0.3, 0.4) is 0 Å². The van der Waals surface area contributed by atoms with Gasteiger partial charge in [-0.15, -0.1) is 0 Å². The van der Waals surface area contributed by atoms with Gasteiger partial charge >= 0.3 is 0 Å². The van der Waals surface area contributed by atoms with Crippen LogP contribution in [0.1, 0.15) is 39.2 Å². The molecule has 2 aromatic carbocycles. The first-order chi connectivity index (χ1) is 13.4. The Bertz CT molecular complexity index is 1160. The molecule has 3 aromatic rings. The first-order valence-corrected chi connectivity index (χ1v) is 9.12. The van der Waals surface area contributed by atoms with Gasteiger partial charge in [-0.3, -0.25) is 19.1 Å². The highest BCUT2D eigenvalue weighted by atomic mass is 35.5. The van der Waals surface area contributed by atoms with Gasteiger partial charge in [-0.05, 0) is 42.8 Å². The second kappa shape index (κ2) is 6.66. The standard InChI is InChI=1S/C22H16ClN3O2/c1-13-12-25(14(2)27)21-17-10-16(23)8-9-18(17)26(19(11-24)20(13)21)22(28)15-6-4-3-5-7-15/h3-10,12,19H,1-2H3. The lowest BCUT2D eigenvalue weighted by atomic mass is 9.91. The minimum absolute atomic E-state index is 0.171. The Morgan fingerprint density at radius 2 is 1.86 bits per heavy atom. The zero-order valence-electron chi connectivity index (χ0n) is 15.3. The number of anilines is 1. The number of aromatic nitrogens is 1. The van der Waals surface area contributed by atoms with Crippen molar-refractivity contribution in [3.8, 4) is 17.3 Å². The molecule has 1 aliphatic rings. The maximum absolute atomic E-state index is 13.3. The molecule has 1 aliphatic heterocycles. The van der Waals surface area contributed by atoms with Crippen molar-refractivity contribution in [2.75, 3.05) is 4.90 Å². The molecule has 0 N–H and O–H groups in total. The summed E-state index contributed by atoms with van der Waals surface area (Å²) in [6.07, 6.45) is 1.71. The fraction of sp³-hybridized carbons (Fsp3) is 0.136. The molecule has 1 amide bonds.